The molecule has 1 unspecified atom stereocenters. The van der Waals surface area contributed by atoms with Gasteiger partial charge in [0.1, 0.15) is 0 Å². The van der Waals surface area contributed by atoms with Gasteiger partial charge in [-0.2, -0.15) is 0 Å². The Bertz CT molecular complexity index is 1420. The van der Waals surface area contributed by atoms with Crippen molar-refractivity contribution in [3.05, 3.63) is 90.3 Å². The largest absolute Gasteiger partial charge is 0.392 e. The predicted molar refractivity (Wildman–Crippen MR) is 173 cm³/mol. The summed E-state index contributed by atoms with van der Waals surface area (Å²) >= 11 is 0. The molecule has 2 heterocycles. The number of β-amino-alcohol motifs (C(OH)–C–C–N with tert-alkyl or cyclic N) is 1. The molecule has 0 radical (unpaired) electrons. The summed E-state index contributed by atoms with van der Waals surface area (Å²) in [6.07, 6.45) is 7.72. The highest BCUT2D eigenvalue weighted by atomic mass is 16.5. The zero-order chi connectivity index (χ0) is 30.9. The van der Waals surface area contributed by atoms with E-state index in [1.54, 1.807) is 37.1 Å². The van der Waals surface area contributed by atoms with E-state index in [1.807, 2.05) is 55.5 Å². The summed E-state index contributed by atoms with van der Waals surface area (Å²) in [5.74, 6) is 0.286. The van der Waals surface area contributed by atoms with Gasteiger partial charge in [-0.3, -0.25) is 9.36 Å². The lowest BCUT2D eigenvalue weighted by Crippen LogP contribution is -2.37. The molecule has 3 aromatic rings. The average molecular weight is 588 g/mol. The highest BCUT2D eigenvalue weighted by Crippen LogP contribution is 2.29. The number of carbonyl (C=O) groups is 2. The van der Waals surface area contributed by atoms with Crippen LogP contribution in [-0.2, 0) is 4.74 Å². The number of aliphatic hydroxyl groups is 1. The Morgan fingerprint density at radius 1 is 1.19 bits per heavy atom. The standard InChI is InChI=1S/C34H45N5O4/c1-5-29(38(16-6-20-43-4)30-11-12-32-28(21-30)15-19-39(32)34(42)36-3)22-31(35)33(41)27-9-7-25(8-10-27)26-13-17-37(18-14-26)23-24(2)40/h5,7-12,15,19,21-22,24,26,31,40H,1,6,13-14,16-18,20,23,35H2,2-4H3,(H,36,42)/b29-22+/t24-,31?/m0/s1. The molecule has 43 heavy (non-hydrogen) atoms. The van der Waals surface area contributed by atoms with Gasteiger partial charge in [-0.15, -0.1) is 0 Å². The Morgan fingerprint density at radius 3 is 2.53 bits per heavy atom. The van der Waals surface area contributed by atoms with Gasteiger partial charge in [0.25, 0.3) is 0 Å². The van der Waals surface area contributed by atoms with E-state index >= 15 is 0 Å². The Labute approximate surface area is 254 Å². The minimum absolute atomic E-state index is 0.160. The molecule has 0 aliphatic carbocycles. The topological polar surface area (TPSA) is 113 Å². The molecule has 9 nitrogen and oxygen atoms in total. The van der Waals surface area contributed by atoms with Crippen LogP contribution in [0.25, 0.3) is 10.9 Å². The fraction of sp³-hybridized carbons (Fsp3) is 0.412. The first-order chi connectivity index (χ1) is 20.7. The lowest BCUT2D eigenvalue weighted by atomic mass is 9.88. The third kappa shape index (κ3) is 8.00. The van der Waals surface area contributed by atoms with Gasteiger partial charge in [-0.05, 0) is 87.2 Å². The number of fused-ring (bicyclic) bond motifs is 1. The van der Waals surface area contributed by atoms with Crippen molar-refractivity contribution in [1.82, 2.24) is 14.8 Å². The molecule has 1 aliphatic heterocycles. The summed E-state index contributed by atoms with van der Waals surface area (Å²) in [4.78, 5) is 30.0. The van der Waals surface area contributed by atoms with Gasteiger partial charge < -0.3 is 30.7 Å². The van der Waals surface area contributed by atoms with Crippen LogP contribution in [0, 0.1) is 0 Å². The van der Waals surface area contributed by atoms with Gasteiger partial charge in [0.2, 0.25) is 0 Å². The number of aromatic nitrogens is 1. The van der Waals surface area contributed by atoms with E-state index < -0.39 is 6.04 Å². The SMILES string of the molecule is C=C/C(=C\C(N)C(=O)c1ccc(C2CCN(C[C@H](C)O)CC2)cc1)N(CCCOC)c1ccc2c(ccn2C(=O)NC)c1. The number of anilines is 1. The van der Waals surface area contributed by atoms with Crippen LogP contribution in [0.2, 0.25) is 0 Å². The van der Waals surface area contributed by atoms with E-state index in [4.69, 9.17) is 10.5 Å². The van der Waals surface area contributed by atoms with E-state index in [1.165, 1.54) is 5.56 Å². The zero-order valence-corrected chi connectivity index (χ0v) is 25.5. The molecule has 2 aromatic carbocycles. The van der Waals surface area contributed by atoms with E-state index in [9.17, 15) is 14.7 Å². The number of likely N-dealkylation sites (tertiary alicyclic amines) is 1. The number of Topliss-reactive ketones (excluding diaryl/α,β-unsaturated/α-hetero) is 1. The number of benzene rings is 2. The van der Waals surface area contributed by atoms with Crippen molar-refractivity contribution in [1.29, 1.82) is 0 Å². The number of ether oxygens (including phenoxy) is 1. The summed E-state index contributed by atoms with van der Waals surface area (Å²) < 4.78 is 6.86. The quantitative estimate of drug-likeness (QED) is 0.153. The van der Waals surface area contributed by atoms with Gasteiger partial charge in [0.15, 0.2) is 5.78 Å². The minimum Gasteiger partial charge on any atom is -0.392 e. The second-order valence-electron chi connectivity index (χ2n) is 11.2. The van der Waals surface area contributed by atoms with Crippen molar-refractivity contribution in [2.45, 2.75) is 44.2 Å². The monoisotopic (exact) mass is 587 g/mol. The van der Waals surface area contributed by atoms with Crippen molar-refractivity contribution in [3.8, 4) is 0 Å². The van der Waals surface area contributed by atoms with E-state index in [0.29, 0.717) is 31.2 Å². The zero-order valence-electron chi connectivity index (χ0n) is 25.5. The number of amides is 1. The normalized spacial score (nSPS) is 16.2. The summed E-state index contributed by atoms with van der Waals surface area (Å²) in [5, 5.41) is 13.2. The van der Waals surface area contributed by atoms with Gasteiger partial charge in [-0.1, -0.05) is 30.8 Å². The van der Waals surface area contributed by atoms with Gasteiger partial charge in [-0.25, -0.2) is 4.79 Å². The van der Waals surface area contributed by atoms with Gasteiger partial charge >= 0.3 is 6.03 Å². The molecule has 1 aromatic heterocycles. The highest BCUT2D eigenvalue weighted by Gasteiger charge is 2.23. The highest BCUT2D eigenvalue weighted by molar-refractivity contribution is 6.01. The molecule has 4 rings (SSSR count). The number of aliphatic hydroxyl groups excluding tert-OH is 1. The van der Waals surface area contributed by atoms with Crippen molar-refractivity contribution in [3.63, 3.8) is 0 Å². The van der Waals surface area contributed by atoms with Gasteiger partial charge in [0, 0.05) is 62.4 Å². The molecule has 0 bridgehead atoms. The number of rotatable bonds is 13. The third-order valence-corrected chi connectivity index (χ3v) is 8.10. The number of hydrogen-bond donors (Lipinski definition) is 3. The maximum absolute atomic E-state index is 13.4. The van der Waals surface area contributed by atoms with Crippen molar-refractivity contribution >= 4 is 28.4 Å². The summed E-state index contributed by atoms with van der Waals surface area (Å²) in [5.41, 5.74) is 10.7. The molecule has 1 amide bonds. The fourth-order valence-corrected chi connectivity index (χ4v) is 5.83. The summed E-state index contributed by atoms with van der Waals surface area (Å²) in [6.45, 7) is 9.68. The average Bonchev–Trinajstić information content (AvgIpc) is 3.45. The summed E-state index contributed by atoms with van der Waals surface area (Å²) in [6, 6.07) is 14.6. The molecule has 0 saturated carbocycles. The van der Waals surface area contributed by atoms with Crippen LogP contribution in [0.1, 0.15) is 48.0 Å². The molecular weight excluding hydrogens is 542 g/mol. The lowest BCUT2D eigenvalue weighted by Gasteiger charge is -2.32. The van der Waals surface area contributed by atoms with Crippen molar-refractivity contribution < 1.29 is 19.4 Å². The van der Waals surface area contributed by atoms with Gasteiger partial charge in [0.05, 0.1) is 17.7 Å². The lowest BCUT2D eigenvalue weighted by molar-refractivity contribution is 0.0977. The maximum atomic E-state index is 13.4. The molecular formula is C34H45N5O4. The molecule has 1 fully saturated rings. The maximum Gasteiger partial charge on any atom is 0.325 e. The van der Waals surface area contributed by atoms with Crippen LogP contribution < -0.4 is 16.0 Å². The van der Waals surface area contributed by atoms with Crippen molar-refractivity contribution in [2.24, 2.45) is 5.73 Å². The Kier molecular flexibility index (Phi) is 11.3. The molecule has 1 aliphatic rings. The molecule has 1 saturated heterocycles. The Hall–Kier alpha value is -3.76. The smallest absolute Gasteiger partial charge is 0.325 e. The second-order valence-corrected chi connectivity index (χ2v) is 11.2. The number of carbonyl (C=O) groups excluding carboxylic acids is 2. The van der Waals surface area contributed by atoms with Crippen molar-refractivity contribution in [2.75, 3.05) is 51.8 Å². The van der Waals surface area contributed by atoms with E-state index in [0.717, 1.165) is 54.6 Å². The van der Waals surface area contributed by atoms with E-state index in [-0.39, 0.29) is 17.9 Å². The number of nitrogens with two attached hydrogens (primary N) is 1. The Balaban J connectivity index is 1.51. The number of nitrogens with zero attached hydrogens (tertiary/aromatic N) is 3. The van der Waals surface area contributed by atoms with Crippen LogP contribution in [0.5, 0.6) is 0 Å². The second kappa shape index (κ2) is 15.1. The fourth-order valence-electron chi connectivity index (χ4n) is 5.83. The van der Waals surface area contributed by atoms with Crippen LogP contribution in [0.4, 0.5) is 10.5 Å². The molecule has 4 N–H and O–H groups in total. The summed E-state index contributed by atoms with van der Waals surface area (Å²) in [7, 11) is 3.27. The molecule has 2 atom stereocenters. The number of ketones is 1. The van der Waals surface area contributed by atoms with Crippen LogP contribution in [-0.4, -0.2) is 85.5 Å². The first-order valence-corrected chi connectivity index (χ1v) is 15.0. The Morgan fingerprint density at radius 2 is 1.91 bits per heavy atom. The number of piperidine rings is 1. The minimum atomic E-state index is -0.856. The first-order valence-electron chi connectivity index (χ1n) is 15.0. The molecule has 0 spiro atoms. The number of hydrogen-bond acceptors (Lipinski definition) is 7. The third-order valence-electron chi connectivity index (χ3n) is 8.10. The van der Waals surface area contributed by atoms with Crippen LogP contribution >= 0.6 is 0 Å². The first kappa shape index (κ1) is 32.2. The number of methoxy groups -OCH3 is 1. The van der Waals surface area contributed by atoms with Crippen LogP contribution in [0.15, 0.2) is 79.2 Å². The molecule has 9 heteroatoms. The predicted octanol–water partition coefficient (Wildman–Crippen LogP) is 4.51. The van der Waals surface area contributed by atoms with Crippen LogP contribution in [0.3, 0.4) is 0 Å². The number of allylic oxidation sites excluding steroid dienone is 1. The number of nitrogens with one attached hydrogen (secondary N) is 1. The molecule has 230 valence electrons. The van der Waals surface area contributed by atoms with E-state index in [2.05, 4.69) is 21.7 Å².